The molecular formula is C16H20ClN3O4S. The minimum Gasteiger partial charge on any atom is -0.367 e. The van der Waals surface area contributed by atoms with Crippen LogP contribution in [0.25, 0.3) is 0 Å². The zero-order chi connectivity index (χ0) is 18.2. The molecule has 0 N–H and O–H groups in total. The van der Waals surface area contributed by atoms with Gasteiger partial charge in [-0.1, -0.05) is 12.1 Å². The Morgan fingerprint density at radius 3 is 2.24 bits per heavy atom. The van der Waals surface area contributed by atoms with Gasteiger partial charge in [0.1, 0.15) is 0 Å². The number of sulfonamides is 1. The molecule has 1 aromatic rings. The van der Waals surface area contributed by atoms with E-state index in [4.69, 9.17) is 11.6 Å². The highest BCUT2D eigenvalue weighted by atomic mass is 35.5. The van der Waals surface area contributed by atoms with Gasteiger partial charge in [0.15, 0.2) is 0 Å². The van der Waals surface area contributed by atoms with Crippen molar-refractivity contribution in [1.29, 1.82) is 0 Å². The van der Waals surface area contributed by atoms with E-state index in [0.717, 1.165) is 11.4 Å². The summed E-state index contributed by atoms with van der Waals surface area (Å²) < 4.78 is 24.8. The molecule has 1 atom stereocenters. The third kappa shape index (κ3) is 3.80. The molecule has 2 saturated heterocycles. The number of piperazine rings is 1. The molecule has 25 heavy (non-hydrogen) atoms. The van der Waals surface area contributed by atoms with E-state index in [0.29, 0.717) is 26.2 Å². The molecular weight excluding hydrogens is 366 g/mol. The van der Waals surface area contributed by atoms with Gasteiger partial charge in [0.25, 0.3) is 0 Å². The fourth-order valence-corrected chi connectivity index (χ4v) is 4.29. The molecule has 0 saturated carbocycles. The number of hydrogen-bond acceptors (Lipinski definition) is 5. The number of anilines is 2. The summed E-state index contributed by atoms with van der Waals surface area (Å²) in [6.45, 7) is 2.18. The Hall–Kier alpha value is -1.64. The summed E-state index contributed by atoms with van der Waals surface area (Å²) in [5, 5.41) is -0.491. The summed E-state index contributed by atoms with van der Waals surface area (Å²) in [6.07, 6.45) is 1.33. The maximum absolute atomic E-state index is 12.3. The normalized spacial score (nSPS) is 22.5. The Morgan fingerprint density at radius 2 is 1.72 bits per heavy atom. The number of amides is 1. The van der Waals surface area contributed by atoms with Crippen LogP contribution in [0, 0.1) is 5.92 Å². The van der Waals surface area contributed by atoms with Crippen molar-refractivity contribution in [2.45, 2.75) is 6.42 Å². The third-order valence-electron chi connectivity index (χ3n) is 4.67. The summed E-state index contributed by atoms with van der Waals surface area (Å²) in [6, 6.07) is 7.48. The molecule has 2 aliphatic rings. The summed E-state index contributed by atoms with van der Waals surface area (Å²) in [5.74, 6) is -0.606. The van der Waals surface area contributed by atoms with Crippen molar-refractivity contribution in [3.63, 3.8) is 0 Å². The summed E-state index contributed by atoms with van der Waals surface area (Å²) in [4.78, 5) is 27.4. The first-order valence-corrected chi connectivity index (χ1v) is 10.3. The Balaban J connectivity index is 1.81. The summed E-state index contributed by atoms with van der Waals surface area (Å²) >= 11 is 5.56. The predicted molar refractivity (Wildman–Crippen MR) is 96.4 cm³/mol. The van der Waals surface area contributed by atoms with Crippen LogP contribution in [0.1, 0.15) is 6.42 Å². The average molecular weight is 386 g/mol. The van der Waals surface area contributed by atoms with E-state index < -0.39 is 21.2 Å². The van der Waals surface area contributed by atoms with Gasteiger partial charge in [-0.2, -0.15) is 4.31 Å². The van der Waals surface area contributed by atoms with Crippen LogP contribution in [0.15, 0.2) is 24.3 Å². The van der Waals surface area contributed by atoms with Crippen LogP contribution in [0.3, 0.4) is 0 Å². The molecule has 0 aromatic heterocycles. The second-order valence-electron chi connectivity index (χ2n) is 6.35. The largest absolute Gasteiger partial charge is 0.367 e. The fourth-order valence-electron chi connectivity index (χ4n) is 3.31. The number of carbonyl (C=O) groups is 2. The van der Waals surface area contributed by atoms with Crippen molar-refractivity contribution in [3.05, 3.63) is 24.3 Å². The van der Waals surface area contributed by atoms with Gasteiger partial charge in [0.05, 0.1) is 23.5 Å². The van der Waals surface area contributed by atoms with Gasteiger partial charge < -0.3 is 9.80 Å². The second-order valence-corrected chi connectivity index (χ2v) is 8.70. The van der Waals surface area contributed by atoms with E-state index in [1.54, 1.807) is 4.90 Å². The van der Waals surface area contributed by atoms with Gasteiger partial charge in [-0.3, -0.25) is 9.59 Å². The van der Waals surface area contributed by atoms with Gasteiger partial charge in [0, 0.05) is 39.1 Å². The molecule has 7 nitrogen and oxygen atoms in total. The Kier molecular flexibility index (Phi) is 5.04. The quantitative estimate of drug-likeness (QED) is 0.719. The lowest BCUT2D eigenvalue weighted by Crippen LogP contribution is -2.48. The van der Waals surface area contributed by atoms with Crippen LogP contribution >= 0.6 is 11.6 Å². The van der Waals surface area contributed by atoms with Crippen LogP contribution in [0.4, 0.5) is 11.4 Å². The van der Waals surface area contributed by atoms with Gasteiger partial charge in [0.2, 0.25) is 21.2 Å². The second kappa shape index (κ2) is 6.93. The molecule has 0 spiro atoms. The highest BCUT2D eigenvalue weighted by Gasteiger charge is 2.36. The van der Waals surface area contributed by atoms with Crippen LogP contribution in [-0.4, -0.2) is 62.9 Å². The first-order valence-electron chi connectivity index (χ1n) is 8.06. The van der Waals surface area contributed by atoms with Crippen molar-refractivity contribution in [2.24, 2.45) is 5.92 Å². The van der Waals surface area contributed by atoms with Crippen LogP contribution in [0.5, 0.6) is 0 Å². The fraction of sp³-hybridized carbons (Fsp3) is 0.500. The number of para-hydroxylation sites is 2. The minimum atomic E-state index is -3.19. The van der Waals surface area contributed by atoms with Crippen molar-refractivity contribution in [2.75, 3.05) is 48.8 Å². The lowest BCUT2D eigenvalue weighted by atomic mass is 10.1. The monoisotopic (exact) mass is 385 g/mol. The molecule has 0 unspecified atom stereocenters. The molecule has 2 heterocycles. The van der Waals surface area contributed by atoms with Crippen molar-refractivity contribution in [1.82, 2.24) is 4.31 Å². The smallest absolute Gasteiger partial charge is 0.227 e. The molecule has 9 heteroatoms. The molecule has 1 amide bonds. The predicted octanol–water partition coefficient (Wildman–Crippen LogP) is 0.886. The molecule has 2 fully saturated rings. The molecule has 1 aromatic carbocycles. The third-order valence-corrected chi connectivity index (χ3v) is 6.28. The van der Waals surface area contributed by atoms with Crippen molar-refractivity contribution >= 4 is 44.1 Å². The van der Waals surface area contributed by atoms with E-state index in [1.807, 2.05) is 24.3 Å². The van der Waals surface area contributed by atoms with E-state index in [-0.39, 0.29) is 18.9 Å². The first-order chi connectivity index (χ1) is 11.8. The SMILES string of the molecule is CS(=O)(=O)N1CCN(c2ccccc2N2C[C@H](C(=O)Cl)CC2=O)CC1. The van der Waals surface area contributed by atoms with Crippen LogP contribution in [0.2, 0.25) is 0 Å². The van der Waals surface area contributed by atoms with E-state index in [2.05, 4.69) is 4.90 Å². The maximum atomic E-state index is 12.3. The van der Waals surface area contributed by atoms with Crippen molar-refractivity contribution in [3.8, 4) is 0 Å². The number of hydrogen-bond donors (Lipinski definition) is 0. The zero-order valence-electron chi connectivity index (χ0n) is 13.9. The number of carbonyl (C=O) groups excluding carboxylic acids is 2. The van der Waals surface area contributed by atoms with E-state index in [1.165, 1.54) is 10.6 Å². The average Bonchev–Trinajstić information content (AvgIpc) is 2.96. The van der Waals surface area contributed by atoms with Gasteiger partial charge >= 0.3 is 0 Å². The maximum Gasteiger partial charge on any atom is 0.227 e. The molecule has 136 valence electrons. The highest BCUT2D eigenvalue weighted by Crippen LogP contribution is 2.34. The Bertz CT molecular complexity index is 790. The van der Waals surface area contributed by atoms with E-state index >= 15 is 0 Å². The minimum absolute atomic E-state index is 0.124. The first kappa shape index (κ1) is 18.2. The van der Waals surface area contributed by atoms with E-state index in [9.17, 15) is 18.0 Å². The standard InChI is InChI=1S/C16H20ClN3O4S/c1-25(23,24)19-8-6-18(7-9-19)13-4-2-3-5-14(13)20-11-12(16(17)22)10-15(20)21/h2-5,12H,6-11H2,1H3/t12-/m1/s1. The number of rotatable bonds is 4. The van der Waals surface area contributed by atoms with Crippen LogP contribution < -0.4 is 9.80 Å². The van der Waals surface area contributed by atoms with Crippen molar-refractivity contribution < 1.29 is 18.0 Å². The number of nitrogens with zero attached hydrogens (tertiary/aromatic N) is 3. The summed E-state index contributed by atoms with van der Waals surface area (Å²) in [7, 11) is -3.19. The molecule has 0 radical (unpaired) electrons. The lowest BCUT2D eigenvalue weighted by molar-refractivity contribution is -0.120. The summed E-state index contributed by atoms with van der Waals surface area (Å²) in [5.41, 5.74) is 1.60. The molecule has 0 aliphatic carbocycles. The van der Waals surface area contributed by atoms with Gasteiger partial charge in [-0.15, -0.1) is 0 Å². The Labute approximate surface area is 152 Å². The zero-order valence-corrected chi connectivity index (χ0v) is 15.5. The topological polar surface area (TPSA) is 78.0 Å². The molecule has 0 bridgehead atoms. The molecule has 3 rings (SSSR count). The lowest BCUT2D eigenvalue weighted by Gasteiger charge is -2.36. The van der Waals surface area contributed by atoms with Gasteiger partial charge in [-0.05, 0) is 23.7 Å². The van der Waals surface area contributed by atoms with Gasteiger partial charge in [-0.25, -0.2) is 8.42 Å². The Morgan fingerprint density at radius 1 is 1.12 bits per heavy atom. The number of benzene rings is 1. The van der Waals surface area contributed by atoms with Crippen LogP contribution in [-0.2, 0) is 19.6 Å². The number of halogens is 1. The molecule has 2 aliphatic heterocycles. The highest BCUT2D eigenvalue weighted by molar-refractivity contribution is 7.88.